The second-order valence-electron chi connectivity index (χ2n) is 10.2. The number of amides is 1. The van der Waals surface area contributed by atoms with Gasteiger partial charge in [-0.2, -0.15) is 10.5 Å². The molecule has 0 bridgehead atoms. The number of anilines is 1. The Morgan fingerprint density at radius 2 is 1.94 bits per heavy atom. The van der Waals surface area contributed by atoms with Gasteiger partial charge in [0.15, 0.2) is 0 Å². The zero-order valence-corrected chi connectivity index (χ0v) is 22.0. The van der Waals surface area contributed by atoms with Crippen molar-refractivity contribution < 1.29 is 9.18 Å². The maximum atomic E-state index is 15.2. The van der Waals surface area contributed by atoms with Crippen LogP contribution in [0.15, 0.2) is 35.4 Å². The number of nitrogens with zero attached hydrogens (tertiary/aromatic N) is 4. The number of pyridine rings is 1. The second kappa shape index (κ2) is 11.7. The van der Waals surface area contributed by atoms with Gasteiger partial charge in [-0.25, -0.2) is 9.37 Å². The van der Waals surface area contributed by atoms with Crippen molar-refractivity contribution in [3.8, 4) is 12.1 Å². The fraction of sp³-hybridized carbons (Fsp3) is 0.481. The average Bonchev–Trinajstić information content (AvgIpc) is 2.85. The van der Waals surface area contributed by atoms with Gasteiger partial charge >= 0.3 is 0 Å². The predicted octanol–water partition coefficient (Wildman–Crippen LogP) is 4.26. The molecule has 3 rings (SSSR count). The molecule has 1 aromatic carbocycles. The minimum Gasteiger partial charge on any atom is -0.368 e. The number of primary amides is 1. The van der Waals surface area contributed by atoms with E-state index in [1.165, 1.54) is 0 Å². The molecular formula is C27H33FN6OS. The predicted molar refractivity (Wildman–Crippen MR) is 140 cm³/mol. The first-order valence-electron chi connectivity index (χ1n) is 12.1. The number of thioether (sulfide) groups is 1. The fourth-order valence-corrected chi connectivity index (χ4v) is 5.35. The Bertz CT molecular complexity index is 1170. The minimum absolute atomic E-state index is 0.0391. The lowest BCUT2D eigenvalue weighted by atomic mass is 9.94. The molecule has 1 aliphatic rings. The summed E-state index contributed by atoms with van der Waals surface area (Å²) in [6.07, 6.45) is -0.167. The van der Waals surface area contributed by atoms with Gasteiger partial charge in [-0.05, 0) is 29.4 Å². The molecule has 1 saturated heterocycles. The summed E-state index contributed by atoms with van der Waals surface area (Å²) in [5.41, 5.74) is 7.53. The molecule has 36 heavy (non-hydrogen) atoms. The van der Waals surface area contributed by atoms with Crippen LogP contribution in [0.5, 0.6) is 0 Å². The quantitative estimate of drug-likeness (QED) is 0.512. The summed E-state index contributed by atoms with van der Waals surface area (Å²) >= 11 is 1.09. The van der Waals surface area contributed by atoms with Crippen molar-refractivity contribution in [3.63, 3.8) is 0 Å². The molecule has 0 aliphatic carbocycles. The van der Waals surface area contributed by atoms with Crippen molar-refractivity contribution in [2.75, 3.05) is 24.5 Å². The van der Waals surface area contributed by atoms with Crippen molar-refractivity contribution in [3.05, 3.63) is 52.6 Å². The first-order valence-corrected chi connectivity index (χ1v) is 13.0. The molecule has 0 spiro atoms. The number of alkyl halides is 1. The Kier molecular flexibility index (Phi) is 8.94. The fourth-order valence-electron chi connectivity index (χ4n) is 4.29. The third-order valence-electron chi connectivity index (χ3n) is 6.15. The molecule has 2 aromatic rings. The van der Waals surface area contributed by atoms with Crippen LogP contribution in [0, 0.1) is 28.1 Å². The van der Waals surface area contributed by atoms with E-state index < -0.39 is 17.3 Å². The van der Waals surface area contributed by atoms with Crippen LogP contribution in [-0.4, -0.2) is 42.7 Å². The van der Waals surface area contributed by atoms with Gasteiger partial charge in [0, 0.05) is 19.1 Å². The van der Waals surface area contributed by atoms with Crippen molar-refractivity contribution >= 4 is 23.5 Å². The SMILES string of the molecule is CCc1c(C#N)c(SC(C(N)=O)c2ccccc2)nc(N2CCC(NCC(C)(C)C)C(F)C2)c1C#N. The third kappa shape index (κ3) is 6.34. The van der Waals surface area contributed by atoms with Gasteiger partial charge in [0.05, 0.1) is 17.7 Å². The molecule has 2 heterocycles. The zero-order chi connectivity index (χ0) is 26.5. The van der Waals surface area contributed by atoms with Crippen LogP contribution in [0.25, 0.3) is 0 Å². The van der Waals surface area contributed by atoms with Gasteiger partial charge in [0.25, 0.3) is 0 Å². The summed E-state index contributed by atoms with van der Waals surface area (Å²) in [5.74, 6) is -0.209. The van der Waals surface area contributed by atoms with Crippen LogP contribution < -0.4 is 16.0 Å². The number of nitriles is 2. The molecule has 3 N–H and O–H groups in total. The van der Waals surface area contributed by atoms with E-state index in [0.717, 1.165) is 11.8 Å². The third-order valence-corrected chi connectivity index (χ3v) is 7.41. The van der Waals surface area contributed by atoms with Gasteiger partial charge < -0.3 is 16.0 Å². The van der Waals surface area contributed by atoms with Crippen LogP contribution in [0.3, 0.4) is 0 Å². The second-order valence-corrected chi connectivity index (χ2v) is 11.2. The van der Waals surface area contributed by atoms with E-state index in [-0.39, 0.29) is 29.1 Å². The molecule has 190 valence electrons. The summed E-state index contributed by atoms with van der Waals surface area (Å²) in [6.45, 7) is 9.46. The van der Waals surface area contributed by atoms with Gasteiger partial charge in [-0.1, -0.05) is 69.8 Å². The van der Waals surface area contributed by atoms with Crippen molar-refractivity contribution in [1.29, 1.82) is 10.5 Å². The number of aromatic nitrogens is 1. The number of rotatable bonds is 8. The maximum Gasteiger partial charge on any atom is 0.235 e. The lowest BCUT2D eigenvalue weighted by Gasteiger charge is -2.37. The molecule has 0 saturated carbocycles. The number of carbonyl (C=O) groups is 1. The molecule has 1 fully saturated rings. The minimum atomic E-state index is -1.14. The lowest BCUT2D eigenvalue weighted by molar-refractivity contribution is -0.117. The number of benzene rings is 1. The average molecular weight is 509 g/mol. The van der Waals surface area contributed by atoms with Crippen molar-refractivity contribution in [2.45, 2.75) is 63.0 Å². The number of carbonyl (C=O) groups excluding carboxylic acids is 1. The van der Waals surface area contributed by atoms with Gasteiger partial charge in [-0.15, -0.1) is 0 Å². The molecule has 1 aliphatic heterocycles. The van der Waals surface area contributed by atoms with Crippen LogP contribution >= 0.6 is 11.8 Å². The van der Waals surface area contributed by atoms with E-state index >= 15 is 4.39 Å². The molecule has 7 nitrogen and oxygen atoms in total. The van der Waals surface area contributed by atoms with E-state index in [1.807, 2.05) is 25.1 Å². The maximum absolute atomic E-state index is 15.2. The topological polar surface area (TPSA) is 119 Å². The van der Waals surface area contributed by atoms with Crippen molar-refractivity contribution in [2.24, 2.45) is 11.1 Å². The molecular weight excluding hydrogens is 475 g/mol. The van der Waals surface area contributed by atoms with Crippen LogP contribution in [0.1, 0.15) is 61.6 Å². The summed E-state index contributed by atoms with van der Waals surface area (Å²) < 4.78 is 15.2. The molecule has 9 heteroatoms. The summed E-state index contributed by atoms with van der Waals surface area (Å²) in [6, 6.07) is 13.1. The summed E-state index contributed by atoms with van der Waals surface area (Å²) in [4.78, 5) is 18.8. The highest BCUT2D eigenvalue weighted by Crippen LogP contribution is 2.40. The highest BCUT2D eigenvalue weighted by atomic mass is 32.2. The largest absolute Gasteiger partial charge is 0.368 e. The first kappa shape index (κ1) is 27.4. The normalized spacial score (nSPS) is 18.8. The number of piperidine rings is 1. The Balaban J connectivity index is 1.99. The standard InChI is InChI=1S/C27H33FN6OS/c1-5-18-19(13-29)25(34-12-11-22(21(28)15-34)32-16-27(2,3)4)33-26(20(18)14-30)36-23(24(31)35)17-9-7-6-8-10-17/h6-10,21-23,32H,5,11-12,15-16H2,1-4H3,(H2,31,35). The molecule has 3 unspecified atom stereocenters. The highest BCUT2D eigenvalue weighted by molar-refractivity contribution is 8.00. The molecule has 1 aromatic heterocycles. The Morgan fingerprint density at radius 1 is 1.28 bits per heavy atom. The zero-order valence-electron chi connectivity index (χ0n) is 21.2. The smallest absolute Gasteiger partial charge is 0.235 e. The Morgan fingerprint density at radius 3 is 2.47 bits per heavy atom. The van der Waals surface area contributed by atoms with Gasteiger partial charge in [-0.3, -0.25) is 4.79 Å². The summed E-state index contributed by atoms with van der Waals surface area (Å²) in [7, 11) is 0. The number of hydrogen-bond acceptors (Lipinski definition) is 7. The van der Waals surface area contributed by atoms with Gasteiger partial charge in [0.2, 0.25) is 5.91 Å². The van der Waals surface area contributed by atoms with E-state index in [4.69, 9.17) is 5.73 Å². The van der Waals surface area contributed by atoms with Crippen LogP contribution in [0.4, 0.5) is 10.2 Å². The van der Waals surface area contributed by atoms with Crippen molar-refractivity contribution in [1.82, 2.24) is 10.3 Å². The number of nitrogens with one attached hydrogen (secondary N) is 1. The van der Waals surface area contributed by atoms with Crippen LogP contribution in [0.2, 0.25) is 0 Å². The number of halogens is 1. The Labute approximate surface area is 216 Å². The molecule has 1 amide bonds. The van der Waals surface area contributed by atoms with Gasteiger partial charge in [0.1, 0.15) is 34.4 Å². The van der Waals surface area contributed by atoms with E-state index in [0.29, 0.717) is 47.9 Å². The Hall–Kier alpha value is -3.14. The lowest BCUT2D eigenvalue weighted by Crippen LogP contribution is -2.52. The highest BCUT2D eigenvalue weighted by Gasteiger charge is 2.33. The van der Waals surface area contributed by atoms with E-state index in [9.17, 15) is 15.3 Å². The molecule has 0 radical (unpaired) electrons. The first-order chi connectivity index (χ1) is 17.1. The summed E-state index contributed by atoms with van der Waals surface area (Å²) in [5, 5.41) is 22.9. The monoisotopic (exact) mass is 508 g/mol. The van der Waals surface area contributed by atoms with E-state index in [2.05, 4.69) is 43.2 Å². The number of nitrogens with two attached hydrogens (primary N) is 1. The van der Waals surface area contributed by atoms with Crippen LogP contribution in [-0.2, 0) is 11.2 Å². The molecule has 3 atom stereocenters. The van der Waals surface area contributed by atoms with E-state index in [1.54, 1.807) is 17.0 Å². The number of hydrogen-bond donors (Lipinski definition) is 2.